The first-order chi connectivity index (χ1) is 21.5. The van der Waals surface area contributed by atoms with E-state index in [-0.39, 0.29) is 30.1 Å². The topological polar surface area (TPSA) is 58.6 Å². The first-order valence-corrected chi connectivity index (χ1v) is 16.0. The Hall–Kier alpha value is -4.38. The van der Waals surface area contributed by atoms with Crippen LogP contribution >= 0.6 is 0 Å². The van der Waals surface area contributed by atoms with Gasteiger partial charge in [-0.3, -0.25) is 9.59 Å². The van der Waals surface area contributed by atoms with E-state index in [2.05, 4.69) is 104 Å². The molecule has 230 valence electrons. The molecule has 0 radical (unpaired) electrons. The van der Waals surface area contributed by atoms with E-state index in [9.17, 15) is 9.59 Å². The van der Waals surface area contributed by atoms with Crippen LogP contribution in [-0.2, 0) is 4.79 Å². The fraction of sp³-hybridized carbons (Fsp3) is 0.333. The maximum absolute atomic E-state index is 13.0. The van der Waals surface area contributed by atoms with Gasteiger partial charge in [-0.1, -0.05) is 112 Å². The number of amides is 1. The number of ether oxygens (including phenoxy) is 1. The molecule has 3 aromatic rings. The van der Waals surface area contributed by atoms with Crippen molar-refractivity contribution in [2.24, 2.45) is 5.92 Å². The van der Waals surface area contributed by atoms with Crippen LogP contribution in [0.25, 0.3) is 0 Å². The van der Waals surface area contributed by atoms with Crippen molar-refractivity contribution in [2.75, 3.05) is 19.7 Å². The van der Waals surface area contributed by atoms with Gasteiger partial charge in [-0.15, -0.1) is 0 Å². The van der Waals surface area contributed by atoms with Crippen LogP contribution in [-0.4, -0.2) is 36.3 Å². The van der Waals surface area contributed by atoms with Crippen LogP contribution in [0, 0.1) is 5.92 Å². The summed E-state index contributed by atoms with van der Waals surface area (Å²) >= 11 is 0. The van der Waals surface area contributed by atoms with Gasteiger partial charge in [0.2, 0.25) is 0 Å². The molecule has 1 fully saturated rings. The monoisotopic (exact) mass is 590 g/mol. The number of carbonyl (C=O) groups is 2. The van der Waals surface area contributed by atoms with Crippen LogP contribution in [0.15, 0.2) is 121 Å². The Morgan fingerprint density at radius 1 is 0.909 bits per heavy atom. The van der Waals surface area contributed by atoms with Gasteiger partial charge >= 0.3 is 0 Å². The fourth-order valence-corrected chi connectivity index (χ4v) is 5.32. The number of benzene rings is 3. The number of nitrogens with one attached hydrogen (secondary N) is 1. The number of hydrogen-bond donors (Lipinski definition) is 1. The molecule has 3 aromatic carbocycles. The predicted octanol–water partition coefficient (Wildman–Crippen LogP) is 8.46. The Labute approximate surface area is 263 Å². The summed E-state index contributed by atoms with van der Waals surface area (Å²) in [6.07, 6.45) is 14.0. The Morgan fingerprint density at radius 3 is 2.16 bits per heavy atom. The molecule has 0 spiro atoms. The van der Waals surface area contributed by atoms with Crippen molar-refractivity contribution >= 4 is 11.7 Å². The lowest BCUT2D eigenvalue weighted by Crippen LogP contribution is -2.33. The van der Waals surface area contributed by atoms with Gasteiger partial charge in [-0.2, -0.15) is 0 Å². The molecule has 0 bridgehead atoms. The molecular weight excluding hydrogens is 544 g/mol. The van der Waals surface area contributed by atoms with Gasteiger partial charge in [-0.05, 0) is 60.2 Å². The highest BCUT2D eigenvalue weighted by Crippen LogP contribution is 2.35. The zero-order valence-electron chi connectivity index (χ0n) is 26.4. The van der Waals surface area contributed by atoms with Crippen LogP contribution < -0.4 is 10.1 Å². The van der Waals surface area contributed by atoms with Crippen molar-refractivity contribution < 1.29 is 14.3 Å². The molecule has 0 saturated heterocycles. The number of carbonyl (C=O) groups excluding carboxylic acids is 2. The number of allylic oxidation sites excluding steroid dienone is 4. The highest BCUT2D eigenvalue weighted by atomic mass is 16.5. The molecule has 1 saturated carbocycles. The summed E-state index contributed by atoms with van der Waals surface area (Å²) in [4.78, 5) is 27.4. The number of Topliss-reactive ketones (excluding diaryl/α,β-unsaturated/α-hetero) is 1. The quantitative estimate of drug-likeness (QED) is 0.230. The zero-order chi connectivity index (χ0) is 31.1. The summed E-state index contributed by atoms with van der Waals surface area (Å²) in [5.41, 5.74) is 5.32. The summed E-state index contributed by atoms with van der Waals surface area (Å²) in [7, 11) is 0. The van der Waals surface area contributed by atoms with Crippen molar-refractivity contribution in [3.05, 3.63) is 137 Å². The minimum Gasteiger partial charge on any atom is -0.486 e. The largest absolute Gasteiger partial charge is 0.486 e. The molecule has 5 heteroatoms. The predicted molar refractivity (Wildman–Crippen MR) is 180 cm³/mol. The summed E-state index contributed by atoms with van der Waals surface area (Å²) in [5.74, 6) is 0.771. The molecule has 1 aliphatic heterocycles. The lowest BCUT2D eigenvalue weighted by Gasteiger charge is -2.30. The molecule has 2 aliphatic rings. The van der Waals surface area contributed by atoms with E-state index in [1.807, 2.05) is 12.1 Å². The Bertz CT molecular complexity index is 1400. The summed E-state index contributed by atoms with van der Waals surface area (Å²) < 4.78 is 5.70. The lowest BCUT2D eigenvalue weighted by molar-refractivity contribution is -0.127. The summed E-state index contributed by atoms with van der Waals surface area (Å²) in [6.45, 7) is 7.55. The maximum Gasteiger partial charge on any atom is 0.251 e. The van der Waals surface area contributed by atoms with Crippen molar-refractivity contribution in [3.8, 4) is 5.75 Å². The van der Waals surface area contributed by atoms with Gasteiger partial charge < -0.3 is 15.0 Å². The average molecular weight is 591 g/mol. The van der Waals surface area contributed by atoms with Crippen molar-refractivity contribution in [1.82, 2.24) is 10.2 Å². The van der Waals surface area contributed by atoms with Gasteiger partial charge in [0, 0.05) is 42.4 Å². The van der Waals surface area contributed by atoms with Gasteiger partial charge in [0.25, 0.3) is 5.91 Å². The van der Waals surface area contributed by atoms with Crippen molar-refractivity contribution in [2.45, 2.75) is 58.8 Å². The van der Waals surface area contributed by atoms with Crippen LogP contribution in [0.4, 0.5) is 0 Å². The van der Waals surface area contributed by atoms with Crippen LogP contribution in [0.3, 0.4) is 0 Å². The van der Waals surface area contributed by atoms with E-state index in [1.54, 1.807) is 24.3 Å². The number of rotatable bonds is 12. The second-order valence-corrected chi connectivity index (χ2v) is 11.3. The smallest absolute Gasteiger partial charge is 0.251 e. The third-order valence-electron chi connectivity index (χ3n) is 7.77. The lowest BCUT2D eigenvalue weighted by atomic mass is 9.82. The molecule has 1 heterocycles. The molecule has 1 amide bonds. The Balaban J connectivity index is 0.00000141. The summed E-state index contributed by atoms with van der Waals surface area (Å²) in [5, 5.41) is 3.06. The first kappa shape index (κ1) is 32.5. The molecule has 5 nitrogen and oxygen atoms in total. The third-order valence-corrected chi connectivity index (χ3v) is 7.77. The Morgan fingerprint density at radius 2 is 1.57 bits per heavy atom. The van der Waals surface area contributed by atoms with E-state index in [0.29, 0.717) is 24.4 Å². The van der Waals surface area contributed by atoms with Crippen LogP contribution in [0.1, 0.15) is 80.3 Å². The van der Waals surface area contributed by atoms with Gasteiger partial charge in [0.05, 0.1) is 0 Å². The number of nitrogens with zero attached hydrogens (tertiary/aromatic N) is 1. The van der Waals surface area contributed by atoms with E-state index < -0.39 is 0 Å². The third kappa shape index (κ3) is 9.06. The SMILES string of the molecule is CC/C=C1/C=CC(C(c2ccccc2)c2ccccc2)=CN1CCNC(=O)c1cccc(OCC(=O)C2CCC2)c1.CCC. The normalized spacial score (nSPS) is 15.2. The van der Waals surface area contributed by atoms with Gasteiger partial charge in [0.1, 0.15) is 12.4 Å². The van der Waals surface area contributed by atoms with Gasteiger partial charge in [-0.25, -0.2) is 0 Å². The highest BCUT2D eigenvalue weighted by molar-refractivity contribution is 5.94. The summed E-state index contributed by atoms with van der Waals surface area (Å²) in [6, 6.07) is 28.2. The number of ketones is 1. The molecular formula is C39H46N2O3. The standard InChI is InChI=1S/C36H38N2O3.C3H8/c1-2-11-32-21-20-31(35(28-12-5-3-6-13-28)29-14-7-4-8-15-29)25-38(32)23-22-37-36(40)30-18-10-19-33(24-30)41-26-34(39)27-16-9-17-27;1-3-2/h3-8,10-15,18-21,24-25,27,35H,2,9,16-17,22-23,26H2,1H3,(H,37,40);3H2,1-2H3/b32-11-;. The molecule has 1 N–H and O–H groups in total. The Kier molecular flexibility index (Phi) is 12.6. The minimum atomic E-state index is -0.162. The van der Waals surface area contributed by atoms with E-state index in [0.717, 1.165) is 31.4 Å². The fourth-order valence-electron chi connectivity index (χ4n) is 5.32. The molecule has 0 aromatic heterocycles. The molecule has 44 heavy (non-hydrogen) atoms. The van der Waals surface area contributed by atoms with Crippen LogP contribution in [0.5, 0.6) is 5.75 Å². The molecule has 5 rings (SSSR count). The van der Waals surface area contributed by atoms with E-state index in [1.165, 1.54) is 23.1 Å². The van der Waals surface area contributed by atoms with Crippen LogP contribution in [0.2, 0.25) is 0 Å². The molecule has 0 unspecified atom stereocenters. The maximum atomic E-state index is 13.0. The second-order valence-electron chi connectivity index (χ2n) is 11.3. The van der Waals surface area contributed by atoms with E-state index in [4.69, 9.17) is 4.74 Å². The van der Waals surface area contributed by atoms with Gasteiger partial charge in [0.15, 0.2) is 5.78 Å². The molecule has 1 aliphatic carbocycles. The molecule has 0 atom stereocenters. The highest BCUT2D eigenvalue weighted by Gasteiger charge is 2.25. The average Bonchev–Trinajstić information content (AvgIpc) is 3.02. The zero-order valence-corrected chi connectivity index (χ0v) is 26.4. The first-order valence-electron chi connectivity index (χ1n) is 16.0. The minimum absolute atomic E-state index is 0.0619. The second kappa shape index (κ2) is 17.0. The van der Waals surface area contributed by atoms with Crippen molar-refractivity contribution in [1.29, 1.82) is 0 Å². The number of hydrogen-bond acceptors (Lipinski definition) is 4. The van der Waals surface area contributed by atoms with Crippen molar-refractivity contribution in [3.63, 3.8) is 0 Å². The van der Waals surface area contributed by atoms with E-state index >= 15 is 0 Å².